The van der Waals surface area contributed by atoms with E-state index in [0.29, 0.717) is 6.54 Å². The first kappa shape index (κ1) is 12.1. The highest BCUT2D eigenvalue weighted by Gasteiger charge is 2.07. The van der Waals surface area contributed by atoms with E-state index < -0.39 is 0 Å². The Labute approximate surface area is 91.3 Å². The van der Waals surface area contributed by atoms with E-state index in [2.05, 4.69) is 21.9 Å². The summed E-state index contributed by atoms with van der Waals surface area (Å²) < 4.78 is 1.81. The normalized spacial score (nSPS) is 11.2. The molecule has 0 saturated heterocycles. The Morgan fingerprint density at radius 2 is 2.27 bits per heavy atom. The molecule has 86 valence electrons. The highest BCUT2D eigenvalue weighted by molar-refractivity contribution is 4.83. The van der Waals surface area contributed by atoms with E-state index in [1.807, 2.05) is 11.7 Å². The molecule has 0 aliphatic rings. The van der Waals surface area contributed by atoms with Crippen molar-refractivity contribution >= 4 is 0 Å². The Balaban J connectivity index is 2.46. The minimum atomic E-state index is 0.696. The zero-order chi connectivity index (χ0) is 11.1. The average molecular weight is 211 g/mol. The lowest BCUT2D eigenvalue weighted by Crippen LogP contribution is -2.31. The second-order valence-electron chi connectivity index (χ2n) is 3.72. The molecule has 0 amide bonds. The molecule has 2 N–H and O–H groups in total. The van der Waals surface area contributed by atoms with Gasteiger partial charge in [-0.2, -0.15) is 5.10 Å². The number of rotatable bonds is 7. The van der Waals surface area contributed by atoms with Crippen molar-refractivity contribution in [2.75, 3.05) is 19.6 Å². The molecule has 0 aliphatic carbocycles. The molecule has 1 rings (SSSR count). The standard InChI is InChI=1S/C10H21N5/c1-3-4-6-15(7-5-11)8-10-12-9-13-14(10)2/h9H,3-8,11H2,1-2H3. The molecule has 0 aromatic carbocycles. The molecule has 0 aliphatic heterocycles. The van der Waals surface area contributed by atoms with E-state index in [0.717, 1.165) is 25.5 Å². The maximum Gasteiger partial charge on any atom is 0.140 e. The number of unbranched alkanes of at least 4 members (excludes halogenated alkanes) is 1. The SMILES string of the molecule is CCCCN(CCN)Cc1ncnn1C. The Hall–Kier alpha value is -0.940. The molecule has 15 heavy (non-hydrogen) atoms. The maximum atomic E-state index is 5.58. The van der Waals surface area contributed by atoms with Crippen LogP contribution in [0.1, 0.15) is 25.6 Å². The third-order valence-electron chi connectivity index (χ3n) is 2.44. The summed E-state index contributed by atoms with van der Waals surface area (Å²) in [5.74, 6) is 1.000. The molecule has 5 nitrogen and oxygen atoms in total. The maximum absolute atomic E-state index is 5.58. The third-order valence-corrected chi connectivity index (χ3v) is 2.44. The van der Waals surface area contributed by atoms with Crippen LogP contribution in [0.2, 0.25) is 0 Å². The van der Waals surface area contributed by atoms with Crippen molar-refractivity contribution in [1.29, 1.82) is 0 Å². The number of hydrogen-bond acceptors (Lipinski definition) is 4. The van der Waals surface area contributed by atoms with Gasteiger partial charge in [0, 0.05) is 20.1 Å². The predicted molar refractivity (Wildman–Crippen MR) is 60.2 cm³/mol. The molecule has 1 aromatic rings. The largest absolute Gasteiger partial charge is 0.329 e. The molecule has 0 saturated carbocycles. The summed E-state index contributed by atoms with van der Waals surface area (Å²) in [5.41, 5.74) is 5.58. The summed E-state index contributed by atoms with van der Waals surface area (Å²) >= 11 is 0. The van der Waals surface area contributed by atoms with Crippen molar-refractivity contribution < 1.29 is 0 Å². The van der Waals surface area contributed by atoms with Gasteiger partial charge in [-0.15, -0.1) is 0 Å². The summed E-state index contributed by atoms with van der Waals surface area (Å²) in [6, 6.07) is 0. The van der Waals surface area contributed by atoms with Crippen LogP contribution in [0.4, 0.5) is 0 Å². The zero-order valence-electron chi connectivity index (χ0n) is 9.69. The van der Waals surface area contributed by atoms with Crippen LogP contribution >= 0.6 is 0 Å². The molecule has 5 heteroatoms. The molecule has 0 atom stereocenters. The minimum absolute atomic E-state index is 0.696. The first-order chi connectivity index (χ1) is 7.27. The molecule has 0 fully saturated rings. The summed E-state index contributed by atoms with van der Waals surface area (Å²) in [6.07, 6.45) is 4.01. The van der Waals surface area contributed by atoms with Gasteiger partial charge in [0.15, 0.2) is 0 Å². The van der Waals surface area contributed by atoms with Gasteiger partial charge < -0.3 is 5.73 Å². The quantitative estimate of drug-likeness (QED) is 0.708. The van der Waals surface area contributed by atoms with Gasteiger partial charge in [0.2, 0.25) is 0 Å². The average Bonchev–Trinajstić information content (AvgIpc) is 2.61. The van der Waals surface area contributed by atoms with Crippen LogP contribution in [0.5, 0.6) is 0 Å². The van der Waals surface area contributed by atoms with E-state index in [1.54, 1.807) is 6.33 Å². The van der Waals surface area contributed by atoms with Crippen molar-refractivity contribution in [2.45, 2.75) is 26.3 Å². The van der Waals surface area contributed by atoms with Gasteiger partial charge in [0.1, 0.15) is 12.2 Å². The summed E-state index contributed by atoms with van der Waals surface area (Å²) in [5, 5.41) is 4.06. The van der Waals surface area contributed by atoms with Gasteiger partial charge in [-0.25, -0.2) is 4.98 Å². The number of nitrogens with zero attached hydrogens (tertiary/aromatic N) is 4. The molecule has 0 spiro atoms. The third kappa shape index (κ3) is 3.97. The van der Waals surface area contributed by atoms with E-state index in [4.69, 9.17) is 5.73 Å². The second-order valence-corrected chi connectivity index (χ2v) is 3.72. The van der Waals surface area contributed by atoms with Crippen LogP contribution in [0.15, 0.2) is 6.33 Å². The van der Waals surface area contributed by atoms with E-state index in [1.165, 1.54) is 12.8 Å². The lowest BCUT2D eigenvalue weighted by atomic mass is 10.3. The van der Waals surface area contributed by atoms with Crippen LogP contribution in [0.25, 0.3) is 0 Å². The second kappa shape index (κ2) is 6.53. The van der Waals surface area contributed by atoms with Gasteiger partial charge in [0.25, 0.3) is 0 Å². The van der Waals surface area contributed by atoms with Crippen molar-refractivity contribution in [2.24, 2.45) is 12.8 Å². The molecule has 0 radical (unpaired) electrons. The minimum Gasteiger partial charge on any atom is -0.329 e. The Kier molecular flexibility index (Phi) is 5.28. The van der Waals surface area contributed by atoms with E-state index >= 15 is 0 Å². The van der Waals surface area contributed by atoms with Crippen molar-refractivity contribution in [3.05, 3.63) is 12.2 Å². The molecule has 0 unspecified atom stereocenters. The van der Waals surface area contributed by atoms with E-state index in [-0.39, 0.29) is 0 Å². The molecular weight excluding hydrogens is 190 g/mol. The number of aryl methyl sites for hydroxylation is 1. The lowest BCUT2D eigenvalue weighted by Gasteiger charge is -2.20. The summed E-state index contributed by atoms with van der Waals surface area (Å²) in [7, 11) is 1.92. The Morgan fingerprint density at radius 3 is 2.80 bits per heavy atom. The van der Waals surface area contributed by atoms with Gasteiger partial charge >= 0.3 is 0 Å². The van der Waals surface area contributed by atoms with E-state index in [9.17, 15) is 0 Å². The number of aromatic nitrogens is 3. The first-order valence-corrected chi connectivity index (χ1v) is 5.53. The van der Waals surface area contributed by atoms with Crippen LogP contribution < -0.4 is 5.73 Å². The number of nitrogens with two attached hydrogens (primary N) is 1. The number of hydrogen-bond donors (Lipinski definition) is 1. The van der Waals surface area contributed by atoms with Crippen LogP contribution in [0, 0.1) is 0 Å². The van der Waals surface area contributed by atoms with Crippen LogP contribution in [-0.4, -0.2) is 39.3 Å². The summed E-state index contributed by atoms with van der Waals surface area (Å²) in [4.78, 5) is 6.54. The van der Waals surface area contributed by atoms with Crippen molar-refractivity contribution in [3.8, 4) is 0 Å². The van der Waals surface area contributed by atoms with Gasteiger partial charge in [-0.05, 0) is 13.0 Å². The van der Waals surface area contributed by atoms with Gasteiger partial charge in [0.05, 0.1) is 6.54 Å². The Morgan fingerprint density at radius 1 is 1.47 bits per heavy atom. The molecular formula is C10H21N5. The lowest BCUT2D eigenvalue weighted by molar-refractivity contribution is 0.258. The highest BCUT2D eigenvalue weighted by atomic mass is 15.3. The fourth-order valence-corrected chi connectivity index (χ4v) is 1.50. The van der Waals surface area contributed by atoms with Crippen LogP contribution in [0.3, 0.4) is 0 Å². The topological polar surface area (TPSA) is 60.0 Å². The monoisotopic (exact) mass is 211 g/mol. The fourth-order valence-electron chi connectivity index (χ4n) is 1.50. The molecule has 1 heterocycles. The highest BCUT2D eigenvalue weighted by Crippen LogP contribution is 2.01. The predicted octanol–water partition coefficient (Wildman–Crippen LogP) is 0.376. The van der Waals surface area contributed by atoms with Gasteiger partial charge in [-0.3, -0.25) is 9.58 Å². The smallest absolute Gasteiger partial charge is 0.140 e. The van der Waals surface area contributed by atoms with Crippen LogP contribution in [-0.2, 0) is 13.6 Å². The molecule has 0 bridgehead atoms. The first-order valence-electron chi connectivity index (χ1n) is 5.53. The fraction of sp³-hybridized carbons (Fsp3) is 0.800. The zero-order valence-corrected chi connectivity index (χ0v) is 9.69. The van der Waals surface area contributed by atoms with Crippen molar-refractivity contribution in [1.82, 2.24) is 19.7 Å². The van der Waals surface area contributed by atoms with Gasteiger partial charge in [-0.1, -0.05) is 13.3 Å². The summed E-state index contributed by atoms with van der Waals surface area (Å²) in [6.45, 7) is 5.74. The van der Waals surface area contributed by atoms with Crippen molar-refractivity contribution in [3.63, 3.8) is 0 Å². The molecule has 1 aromatic heterocycles. The Bertz CT molecular complexity index is 271.